The molecule has 0 spiro atoms. The lowest BCUT2D eigenvalue weighted by Crippen LogP contribution is -3.08. The Morgan fingerprint density at radius 2 is 2.00 bits per heavy atom. The second-order valence-electron chi connectivity index (χ2n) is 6.47. The summed E-state index contributed by atoms with van der Waals surface area (Å²) in [6, 6.07) is 8.41. The second kappa shape index (κ2) is 8.83. The molecule has 8 heteroatoms. The molecule has 0 radical (unpaired) electrons. The van der Waals surface area contributed by atoms with Crippen molar-refractivity contribution in [2.75, 3.05) is 26.0 Å². The van der Waals surface area contributed by atoms with Crippen molar-refractivity contribution in [1.82, 2.24) is 0 Å². The molecule has 1 amide bonds. The summed E-state index contributed by atoms with van der Waals surface area (Å²) in [6.45, 7) is 4.26. The smallest absolute Gasteiger partial charge is 0.293 e. The highest BCUT2D eigenvalue weighted by molar-refractivity contribution is 6.30. The van der Waals surface area contributed by atoms with Crippen LogP contribution in [0.15, 0.2) is 30.3 Å². The van der Waals surface area contributed by atoms with E-state index in [1.165, 1.54) is 6.07 Å². The number of hydrogen-bond donors (Lipinski definition) is 2. The van der Waals surface area contributed by atoms with Gasteiger partial charge in [0.25, 0.3) is 11.6 Å². The molecule has 0 aliphatic heterocycles. The number of benzene rings is 2. The van der Waals surface area contributed by atoms with Crippen molar-refractivity contribution in [3.05, 3.63) is 62.2 Å². The van der Waals surface area contributed by atoms with Crippen LogP contribution in [-0.2, 0) is 11.3 Å². The van der Waals surface area contributed by atoms with Gasteiger partial charge in [0.05, 0.1) is 19.1 Å². The summed E-state index contributed by atoms with van der Waals surface area (Å²) in [5, 5.41) is 14.5. The van der Waals surface area contributed by atoms with E-state index in [9.17, 15) is 14.9 Å². The lowest BCUT2D eigenvalue weighted by Gasteiger charge is -2.17. The Kier molecular flexibility index (Phi) is 6.76. The molecule has 0 saturated heterocycles. The van der Waals surface area contributed by atoms with E-state index in [-0.39, 0.29) is 23.8 Å². The molecule has 1 unspecified atom stereocenters. The number of hydrogen-bond acceptors (Lipinski definition) is 4. The van der Waals surface area contributed by atoms with Crippen LogP contribution in [0.1, 0.15) is 16.7 Å². The van der Waals surface area contributed by atoms with Gasteiger partial charge in [-0.2, -0.15) is 0 Å². The number of nitro benzene ring substituents is 1. The highest BCUT2D eigenvalue weighted by atomic mass is 35.5. The summed E-state index contributed by atoms with van der Waals surface area (Å²) in [6.07, 6.45) is 0. The molecule has 2 aromatic carbocycles. The molecule has 0 aromatic heterocycles. The summed E-state index contributed by atoms with van der Waals surface area (Å²) in [4.78, 5) is 24.1. The fourth-order valence-electron chi connectivity index (χ4n) is 2.84. The minimum absolute atomic E-state index is 0.111. The quantitative estimate of drug-likeness (QED) is 0.560. The van der Waals surface area contributed by atoms with E-state index < -0.39 is 4.92 Å². The van der Waals surface area contributed by atoms with Gasteiger partial charge in [0, 0.05) is 16.7 Å². The van der Waals surface area contributed by atoms with Gasteiger partial charge >= 0.3 is 0 Å². The average Bonchev–Trinajstić information content (AvgIpc) is 2.58. The Morgan fingerprint density at radius 3 is 2.63 bits per heavy atom. The van der Waals surface area contributed by atoms with Crippen LogP contribution in [0.2, 0.25) is 5.02 Å². The number of carbonyl (C=O) groups is 1. The monoisotopic (exact) mass is 392 g/mol. The molecule has 27 heavy (non-hydrogen) atoms. The number of halogens is 1. The minimum atomic E-state index is -0.491. The van der Waals surface area contributed by atoms with Gasteiger partial charge in [-0.05, 0) is 43.2 Å². The van der Waals surface area contributed by atoms with Crippen LogP contribution in [-0.4, -0.2) is 31.5 Å². The Labute approximate surface area is 163 Å². The molecular formula is C19H23ClN3O4+. The van der Waals surface area contributed by atoms with Gasteiger partial charge < -0.3 is 15.0 Å². The Balaban J connectivity index is 2.12. The summed E-state index contributed by atoms with van der Waals surface area (Å²) < 4.78 is 5.33. The van der Waals surface area contributed by atoms with E-state index in [0.717, 1.165) is 16.0 Å². The first-order valence-electron chi connectivity index (χ1n) is 8.41. The number of likely N-dealkylation sites (N-methyl/N-ethyl adjacent to an activating group) is 1. The molecule has 0 saturated carbocycles. The maximum Gasteiger partial charge on any atom is 0.293 e. The van der Waals surface area contributed by atoms with Crippen molar-refractivity contribution in [2.24, 2.45) is 0 Å². The highest BCUT2D eigenvalue weighted by Gasteiger charge is 2.21. The first-order chi connectivity index (χ1) is 12.7. The van der Waals surface area contributed by atoms with E-state index in [0.29, 0.717) is 22.9 Å². The van der Waals surface area contributed by atoms with Gasteiger partial charge in [0.15, 0.2) is 6.54 Å². The Bertz CT molecular complexity index is 870. The molecule has 0 aliphatic carbocycles. The number of methoxy groups -OCH3 is 1. The van der Waals surface area contributed by atoms with E-state index in [2.05, 4.69) is 5.32 Å². The molecule has 2 N–H and O–H groups in total. The number of rotatable bonds is 7. The van der Waals surface area contributed by atoms with Crippen LogP contribution >= 0.6 is 11.6 Å². The number of nitrogens with one attached hydrogen (secondary N) is 2. The molecule has 144 valence electrons. The van der Waals surface area contributed by atoms with Crippen LogP contribution in [0.5, 0.6) is 5.75 Å². The number of nitrogens with zero attached hydrogens (tertiary/aromatic N) is 1. The Morgan fingerprint density at radius 1 is 1.30 bits per heavy atom. The zero-order valence-corrected chi connectivity index (χ0v) is 16.5. The van der Waals surface area contributed by atoms with Gasteiger partial charge in [0.1, 0.15) is 18.0 Å². The van der Waals surface area contributed by atoms with Crippen molar-refractivity contribution >= 4 is 28.9 Å². The lowest BCUT2D eigenvalue weighted by molar-refractivity contribution is -0.885. The highest BCUT2D eigenvalue weighted by Crippen LogP contribution is 2.30. The SMILES string of the molecule is COc1ccc(Cl)cc1C[NH+](C)CC(=O)Nc1c([N+](=O)[O-])ccc(C)c1C. The van der Waals surface area contributed by atoms with Crippen LogP contribution < -0.4 is 15.0 Å². The van der Waals surface area contributed by atoms with E-state index in [1.807, 2.05) is 14.0 Å². The van der Waals surface area contributed by atoms with Gasteiger partial charge in [-0.3, -0.25) is 14.9 Å². The summed E-state index contributed by atoms with van der Waals surface area (Å²) in [7, 11) is 3.44. The molecule has 0 heterocycles. The molecule has 0 bridgehead atoms. The number of anilines is 1. The first kappa shape index (κ1) is 20.7. The van der Waals surface area contributed by atoms with Crippen molar-refractivity contribution in [1.29, 1.82) is 0 Å². The fraction of sp³-hybridized carbons (Fsp3) is 0.316. The lowest BCUT2D eigenvalue weighted by atomic mass is 10.1. The zero-order chi connectivity index (χ0) is 20.1. The van der Waals surface area contributed by atoms with Crippen molar-refractivity contribution in [3.63, 3.8) is 0 Å². The topological polar surface area (TPSA) is 85.9 Å². The molecule has 2 aromatic rings. The number of ether oxygens (including phenoxy) is 1. The molecule has 0 fully saturated rings. The molecule has 2 rings (SSSR count). The van der Waals surface area contributed by atoms with Crippen molar-refractivity contribution in [3.8, 4) is 5.75 Å². The van der Waals surface area contributed by atoms with E-state index >= 15 is 0 Å². The summed E-state index contributed by atoms with van der Waals surface area (Å²) in [5.41, 5.74) is 2.58. The average molecular weight is 393 g/mol. The first-order valence-corrected chi connectivity index (χ1v) is 8.79. The maximum atomic E-state index is 12.5. The van der Waals surface area contributed by atoms with Gasteiger partial charge in [-0.25, -0.2) is 0 Å². The molecular weight excluding hydrogens is 370 g/mol. The third-order valence-corrected chi connectivity index (χ3v) is 4.61. The standard InChI is InChI=1S/C19H22ClN3O4/c1-12-5-7-16(23(25)26)19(13(12)2)21-18(24)11-22(3)10-14-9-15(20)6-8-17(14)27-4/h5-9H,10-11H2,1-4H3,(H,21,24)/p+1. The summed E-state index contributed by atoms with van der Waals surface area (Å²) in [5.74, 6) is 0.398. The molecule has 0 aliphatic rings. The van der Waals surface area contributed by atoms with Gasteiger partial charge in [0.2, 0.25) is 0 Å². The normalized spacial score (nSPS) is 11.7. The van der Waals surface area contributed by atoms with Crippen LogP contribution in [0.4, 0.5) is 11.4 Å². The van der Waals surface area contributed by atoms with Crippen LogP contribution in [0.3, 0.4) is 0 Å². The van der Waals surface area contributed by atoms with Crippen molar-refractivity contribution in [2.45, 2.75) is 20.4 Å². The number of carbonyl (C=O) groups excluding carboxylic acids is 1. The molecule has 1 atom stereocenters. The minimum Gasteiger partial charge on any atom is -0.496 e. The third kappa shape index (κ3) is 5.18. The predicted molar refractivity (Wildman–Crippen MR) is 105 cm³/mol. The second-order valence-corrected chi connectivity index (χ2v) is 6.91. The van der Waals surface area contributed by atoms with Gasteiger partial charge in [-0.1, -0.05) is 17.7 Å². The Hall–Kier alpha value is -2.64. The van der Waals surface area contributed by atoms with Crippen LogP contribution in [0.25, 0.3) is 0 Å². The number of aryl methyl sites for hydroxylation is 1. The predicted octanol–water partition coefficient (Wildman–Crippen LogP) is 2.53. The van der Waals surface area contributed by atoms with Gasteiger partial charge in [-0.15, -0.1) is 0 Å². The zero-order valence-electron chi connectivity index (χ0n) is 15.8. The van der Waals surface area contributed by atoms with E-state index in [4.69, 9.17) is 16.3 Å². The largest absolute Gasteiger partial charge is 0.496 e. The number of amides is 1. The fourth-order valence-corrected chi connectivity index (χ4v) is 3.04. The maximum absolute atomic E-state index is 12.5. The third-order valence-electron chi connectivity index (χ3n) is 4.37. The van der Waals surface area contributed by atoms with Crippen LogP contribution in [0, 0.1) is 24.0 Å². The number of nitro groups is 1. The summed E-state index contributed by atoms with van der Waals surface area (Å²) >= 11 is 6.04. The van der Waals surface area contributed by atoms with Crippen molar-refractivity contribution < 1.29 is 19.4 Å². The molecule has 7 nitrogen and oxygen atoms in total. The van der Waals surface area contributed by atoms with E-state index in [1.54, 1.807) is 38.3 Å². The number of quaternary nitrogens is 1.